The molecular formula is C21H23N3O6S. The van der Waals surface area contributed by atoms with E-state index in [0.717, 1.165) is 11.8 Å². The molecule has 2 heterocycles. The molecule has 0 spiro atoms. The van der Waals surface area contributed by atoms with E-state index in [0.29, 0.717) is 47.0 Å². The van der Waals surface area contributed by atoms with Crippen LogP contribution in [0.5, 0.6) is 0 Å². The number of fused-ring (bicyclic) bond motifs is 1. The van der Waals surface area contributed by atoms with Crippen molar-refractivity contribution in [2.45, 2.75) is 24.7 Å². The van der Waals surface area contributed by atoms with E-state index < -0.39 is 5.97 Å². The van der Waals surface area contributed by atoms with Gasteiger partial charge >= 0.3 is 5.97 Å². The largest absolute Gasteiger partial charge is 0.467 e. The highest BCUT2D eigenvalue weighted by Crippen LogP contribution is 2.19. The van der Waals surface area contributed by atoms with Crippen molar-refractivity contribution in [3.63, 3.8) is 0 Å². The van der Waals surface area contributed by atoms with Gasteiger partial charge in [0.2, 0.25) is 5.91 Å². The molecule has 31 heavy (non-hydrogen) atoms. The molecule has 3 aromatic rings. The number of ether oxygens (including phenoxy) is 2. The average Bonchev–Trinajstić information content (AvgIpc) is 3.30. The van der Waals surface area contributed by atoms with Gasteiger partial charge in [-0.2, -0.15) is 0 Å². The van der Waals surface area contributed by atoms with Crippen LogP contribution in [0.25, 0.3) is 10.9 Å². The second-order valence-corrected chi connectivity index (χ2v) is 7.51. The molecule has 164 valence electrons. The van der Waals surface area contributed by atoms with Gasteiger partial charge < -0.3 is 19.2 Å². The number of nitrogens with zero attached hydrogens (tertiary/aromatic N) is 2. The molecular weight excluding hydrogens is 422 g/mol. The Balaban J connectivity index is 1.84. The fraction of sp³-hybridized carbons (Fsp3) is 0.333. The summed E-state index contributed by atoms with van der Waals surface area (Å²) < 4.78 is 16.6. The zero-order chi connectivity index (χ0) is 22.2. The van der Waals surface area contributed by atoms with Gasteiger partial charge in [0.25, 0.3) is 5.56 Å². The van der Waals surface area contributed by atoms with Crippen LogP contribution in [0.1, 0.15) is 22.5 Å². The van der Waals surface area contributed by atoms with Gasteiger partial charge in [0.05, 0.1) is 42.1 Å². The van der Waals surface area contributed by atoms with Gasteiger partial charge in [-0.25, -0.2) is 9.78 Å². The summed E-state index contributed by atoms with van der Waals surface area (Å²) in [6.07, 6.45) is 2.15. The first-order valence-electron chi connectivity index (χ1n) is 9.57. The molecule has 2 aromatic heterocycles. The number of carbonyl (C=O) groups excluding carboxylic acids is 2. The van der Waals surface area contributed by atoms with E-state index in [1.165, 1.54) is 30.1 Å². The molecule has 0 saturated carbocycles. The lowest BCUT2D eigenvalue weighted by Crippen LogP contribution is -2.27. The second-order valence-electron chi connectivity index (χ2n) is 6.57. The van der Waals surface area contributed by atoms with Gasteiger partial charge in [0.15, 0.2) is 5.16 Å². The van der Waals surface area contributed by atoms with E-state index in [1.54, 1.807) is 25.3 Å². The third-order valence-electron chi connectivity index (χ3n) is 4.44. The van der Waals surface area contributed by atoms with Crippen molar-refractivity contribution in [1.82, 2.24) is 14.9 Å². The molecule has 0 radical (unpaired) electrons. The summed E-state index contributed by atoms with van der Waals surface area (Å²) in [6.45, 7) is 1.16. The molecule has 1 N–H and O–H groups in total. The average molecular weight is 445 g/mol. The number of methoxy groups -OCH3 is 2. The molecule has 0 unspecified atom stereocenters. The Morgan fingerprint density at radius 1 is 1.26 bits per heavy atom. The molecule has 0 aliphatic rings. The molecule has 0 saturated heterocycles. The monoisotopic (exact) mass is 445 g/mol. The minimum Gasteiger partial charge on any atom is -0.467 e. The maximum Gasteiger partial charge on any atom is 0.337 e. The highest BCUT2D eigenvalue weighted by atomic mass is 32.2. The van der Waals surface area contributed by atoms with E-state index in [1.807, 2.05) is 0 Å². The van der Waals surface area contributed by atoms with E-state index in [-0.39, 0.29) is 23.8 Å². The molecule has 0 aliphatic carbocycles. The summed E-state index contributed by atoms with van der Waals surface area (Å²) in [6, 6.07) is 8.13. The molecule has 9 nitrogen and oxygen atoms in total. The van der Waals surface area contributed by atoms with Crippen LogP contribution in [0.15, 0.2) is 51.0 Å². The summed E-state index contributed by atoms with van der Waals surface area (Å²) in [5, 5.41) is 3.54. The number of furan rings is 1. The third kappa shape index (κ3) is 5.74. The summed E-state index contributed by atoms with van der Waals surface area (Å²) in [5.74, 6) is -0.0180. The predicted octanol–water partition coefficient (Wildman–Crippen LogP) is 2.22. The van der Waals surface area contributed by atoms with Crippen LogP contribution in [0.2, 0.25) is 0 Å². The van der Waals surface area contributed by atoms with Gasteiger partial charge in [0, 0.05) is 20.3 Å². The highest BCUT2D eigenvalue weighted by molar-refractivity contribution is 7.99. The first kappa shape index (κ1) is 22.6. The lowest BCUT2D eigenvalue weighted by atomic mass is 10.1. The van der Waals surface area contributed by atoms with Crippen molar-refractivity contribution >= 4 is 34.5 Å². The number of carbonyl (C=O) groups is 2. The summed E-state index contributed by atoms with van der Waals surface area (Å²) in [4.78, 5) is 41.7. The van der Waals surface area contributed by atoms with E-state index in [2.05, 4.69) is 10.3 Å². The number of benzene rings is 1. The van der Waals surface area contributed by atoms with Gasteiger partial charge in [-0.1, -0.05) is 11.8 Å². The number of amides is 1. The van der Waals surface area contributed by atoms with Crippen molar-refractivity contribution in [2.75, 3.05) is 26.6 Å². The lowest BCUT2D eigenvalue weighted by Gasteiger charge is -2.13. The molecule has 0 atom stereocenters. The number of hydrogen-bond acceptors (Lipinski definition) is 8. The fourth-order valence-electron chi connectivity index (χ4n) is 2.90. The first-order chi connectivity index (χ1) is 15.0. The van der Waals surface area contributed by atoms with Gasteiger partial charge in [0.1, 0.15) is 5.76 Å². The molecule has 0 fully saturated rings. The Kier molecular flexibility index (Phi) is 7.85. The maximum atomic E-state index is 13.1. The van der Waals surface area contributed by atoms with E-state index >= 15 is 0 Å². The van der Waals surface area contributed by atoms with E-state index in [9.17, 15) is 14.4 Å². The third-order valence-corrected chi connectivity index (χ3v) is 5.42. The van der Waals surface area contributed by atoms with Gasteiger partial charge in [-0.05, 0) is 36.8 Å². The fourth-order valence-corrected chi connectivity index (χ4v) is 3.76. The molecule has 0 aliphatic heterocycles. The van der Waals surface area contributed by atoms with Crippen LogP contribution >= 0.6 is 11.8 Å². The van der Waals surface area contributed by atoms with Crippen LogP contribution in [-0.2, 0) is 27.4 Å². The van der Waals surface area contributed by atoms with Crippen molar-refractivity contribution < 1.29 is 23.5 Å². The molecule has 0 bridgehead atoms. The number of nitrogens with one attached hydrogen (secondary N) is 1. The number of aromatic nitrogens is 2. The van der Waals surface area contributed by atoms with Crippen LogP contribution in [-0.4, -0.2) is 48.0 Å². The standard InChI is InChI=1S/C21H23N3O6S/c1-28-9-4-8-24-19(26)16-7-6-14(20(27)29-2)11-17(16)23-21(24)31-13-18(25)22-12-15-5-3-10-30-15/h3,5-7,10-11H,4,8-9,12-13H2,1-2H3,(H,22,25). The summed E-state index contributed by atoms with van der Waals surface area (Å²) in [5.41, 5.74) is 0.427. The van der Waals surface area contributed by atoms with E-state index in [4.69, 9.17) is 13.9 Å². The van der Waals surface area contributed by atoms with Gasteiger partial charge in [-0.15, -0.1) is 0 Å². The van der Waals surface area contributed by atoms with Crippen LogP contribution in [0, 0.1) is 0 Å². The van der Waals surface area contributed by atoms with Gasteiger partial charge in [-0.3, -0.25) is 14.2 Å². The van der Waals surface area contributed by atoms with Crippen molar-refractivity contribution in [2.24, 2.45) is 0 Å². The zero-order valence-corrected chi connectivity index (χ0v) is 18.1. The maximum absolute atomic E-state index is 13.1. The quantitative estimate of drug-likeness (QED) is 0.219. The van der Waals surface area contributed by atoms with Crippen LogP contribution in [0.4, 0.5) is 0 Å². The molecule has 3 rings (SSSR count). The highest BCUT2D eigenvalue weighted by Gasteiger charge is 2.15. The predicted molar refractivity (Wildman–Crippen MR) is 115 cm³/mol. The van der Waals surface area contributed by atoms with Crippen molar-refractivity contribution in [3.8, 4) is 0 Å². The Bertz CT molecular complexity index is 1110. The smallest absolute Gasteiger partial charge is 0.337 e. The summed E-state index contributed by atoms with van der Waals surface area (Å²) >= 11 is 1.15. The molecule has 1 aromatic carbocycles. The first-order valence-corrected chi connectivity index (χ1v) is 10.6. The lowest BCUT2D eigenvalue weighted by molar-refractivity contribution is -0.118. The minimum absolute atomic E-state index is 0.0691. The number of rotatable bonds is 10. The SMILES string of the molecule is COCCCn1c(SCC(=O)NCc2ccco2)nc2cc(C(=O)OC)ccc2c1=O. The Labute approximate surface area is 182 Å². The number of esters is 1. The molecule has 1 amide bonds. The second kappa shape index (κ2) is 10.8. The minimum atomic E-state index is -0.514. The Morgan fingerprint density at radius 3 is 2.81 bits per heavy atom. The van der Waals surface area contributed by atoms with Crippen molar-refractivity contribution in [3.05, 3.63) is 58.3 Å². The summed E-state index contributed by atoms with van der Waals surface area (Å²) in [7, 11) is 2.88. The topological polar surface area (TPSA) is 113 Å². The van der Waals surface area contributed by atoms with Crippen LogP contribution < -0.4 is 10.9 Å². The number of hydrogen-bond donors (Lipinski definition) is 1. The zero-order valence-electron chi connectivity index (χ0n) is 17.3. The van der Waals surface area contributed by atoms with Crippen molar-refractivity contribution in [1.29, 1.82) is 0 Å². The number of thioether (sulfide) groups is 1. The Hall–Kier alpha value is -3.11. The Morgan fingerprint density at radius 2 is 2.10 bits per heavy atom. The van der Waals surface area contributed by atoms with Crippen LogP contribution in [0.3, 0.4) is 0 Å². The normalized spacial score (nSPS) is 10.9. The molecule has 10 heteroatoms.